The predicted octanol–water partition coefficient (Wildman–Crippen LogP) is 2.75. The fraction of sp³-hybridized carbons (Fsp3) is 0.500. The minimum atomic E-state index is -4.62. The third-order valence-corrected chi connectivity index (χ3v) is 3.86. The molecule has 0 radical (unpaired) electrons. The number of benzene rings is 1. The minimum absolute atomic E-state index is 0.0386. The summed E-state index contributed by atoms with van der Waals surface area (Å²) in [5, 5.41) is 0. The Balaban J connectivity index is 3.08. The lowest BCUT2D eigenvalue weighted by atomic mass is 10.1. The van der Waals surface area contributed by atoms with Gasteiger partial charge in [0.2, 0.25) is 0 Å². The highest BCUT2D eigenvalue weighted by Gasteiger charge is 2.17. The third-order valence-electron chi connectivity index (χ3n) is 3.05. The van der Waals surface area contributed by atoms with Gasteiger partial charge in [0.25, 0.3) is 0 Å². The van der Waals surface area contributed by atoms with Gasteiger partial charge >= 0.3 is 10.2 Å². The van der Waals surface area contributed by atoms with Gasteiger partial charge in [-0.2, -0.15) is 8.42 Å². The lowest BCUT2D eigenvalue weighted by molar-refractivity contribution is 0.210. The van der Waals surface area contributed by atoms with Gasteiger partial charge in [0, 0.05) is 12.1 Å². The molecule has 1 aromatic rings. The van der Waals surface area contributed by atoms with Gasteiger partial charge in [0.15, 0.2) is 0 Å². The summed E-state index contributed by atoms with van der Waals surface area (Å²) >= 11 is 0. The van der Waals surface area contributed by atoms with E-state index in [0.29, 0.717) is 6.04 Å². The van der Waals surface area contributed by atoms with Gasteiger partial charge in [0.05, 0.1) is 4.90 Å². The van der Waals surface area contributed by atoms with Crippen molar-refractivity contribution in [2.24, 2.45) is 0 Å². The van der Waals surface area contributed by atoms with E-state index in [-0.39, 0.29) is 10.9 Å². The second-order valence-corrected chi connectivity index (χ2v) is 5.79. The van der Waals surface area contributed by atoms with E-state index in [2.05, 4.69) is 4.90 Å². The SMILES string of the molecule is CC(C)N(C)C(C)c1cccc(S(=O)(=O)F)c1. The van der Waals surface area contributed by atoms with Crippen LogP contribution in [0, 0.1) is 0 Å². The minimum Gasteiger partial charge on any atom is -0.297 e. The molecule has 0 heterocycles. The van der Waals surface area contributed by atoms with Crippen LogP contribution in [0.5, 0.6) is 0 Å². The Kier molecular flexibility index (Phi) is 4.27. The van der Waals surface area contributed by atoms with E-state index in [4.69, 9.17) is 0 Å². The monoisotopic (exact) mass is 259 g/mol. The van der Waals surface area contributed by atoms with Crippen LogP contribution in [0.1, 0.15) is 32.4 Å². The smallest absolute Gasteiger partial charge is 0.297 e. The van der Waals surface area contributed by atoms with Gasteiger partial charge in [-0.05, 0) is 45.5 Å². The van der Waals surface area contributed by atoms with Crippen LogP contribution in [-0.4, -0.2) is 26.4 Å². The molecule has 0 aliphatic carbocycles. The molecule has 1 rings (SSSR count). The molecule has 0 amide bonds. The van der Waals surface area contributed by atoms with Crippen LogP contribution in [0.4, 0.5) is 3.89 Å². The van der Waals surface area contributed by atoms with Gasteiger partial charge in [-0.3, -0.25) is 4.90 Å². The molecule has 0 spiro atoms. The zero-order valence-corrected chi connectivity index (χ0v) is 11.3. The molecule has 0 aliphatic rings. The molecule has 0 saturated heterocycles. The highest BCUT2D eigenvalue weighted by Crippen LogP contribution is 2.23. The van der Waals surface area contributed by atoms with E-state index < -0.39 is 10.2 Å². The molecule has 5 heteroatoms. The average Bonchev–Trinajstić information content (AvgIpc) is 2.26. The van der Waals surface area contributed by atoms with Crippen LogP contribution in [0.3, 0.4) is 0 Å². The van der Waals surface area contributed by atoms with Gasteiger partial charge in [0.1, 0.15) is 0 Å². The normalized spacial score (nSPS) is 14.3. The van der Waals surface area contributed by atoms with Crippen molar-refractivity contribution in [3.63, 3.8) is 0 Å². The topological polar surface area (TPSA) is 37.4 Å². The molecule has 96 valence electrons. The molecule has 1 unspecified atom stereocenters. The van der Waals surface area contributed by atoms with E-state index in [1.165, 1.54) is 12.1 Å². The number of halogens is 1. The second kappa shape index (κ2) is 5.14. The van der Waals surface area contributed by atoms with Crippen LogP contribution >= 0.6 is 0 Å². The van der Waals surface area contributed by atoms with E-state index >= 15 is 0 Å². The molecular weight excluding hydrogens is 241 g/mol. The molecule has 0 aliphatic heterocycles. The van der Waals surface area contributed by atoms with Crippen LogP contribution in [0.15, 0.2) is 29.2 Å². The highest BCUT2D eigenvalue weighted by atomic mass is 32.3. The van der Waals surface area contributed by atoms with Crippen molar-refractivity contribution < 1.29 is 12.3 Å². The van der Waals surface area contributed by atoms with Crippen molar-refractivity contribution in [1.29, 1.82) is 0 Å². The summed E-state index contributed by atoms with van der Waals surface area (Å²) < 4.78 is 34.5. The molecule has 0 saturated carbocycles. The zero-order chi connectivity index (χ0) is 13.2. The van der Waals surface area contributed by atoms with E-state index in [0.717, 1.165) is 5.56 Å². The summed E-state index contributed by atoms with van der Waals surface area (Å²) in [5.74, 6) is 0. The number of rotatable bonds is 4. The van der Waals surface area contributed by atoms with Crippen molar-refractivity contribution in [2.45, 2.75) is 37.8 Å². The zero-order valence-electron chi connectivity index (χ0n) is 10.5. The predicted molar refractivity (Wildman–Crippen MR) is 66.0 cm³/mol. The molecule has 0 fully saturated rings. The molecule has 17 heavy (non-hydrogen) atoms. The second-order valence-electron chi connectivity index (χ2n) is 4.45. The summed E-state index contributed by atoms with van der Waals surface area (Å²) in [6.07, 6.45) is 0. The number of hydrogen-bond acceptors (Lipinski definition) is 3. The van der Waals surface area contributed by atoms with Crippen LogP contribution < -0.4 is 0 Å². The standard InChI is InChI=1S/C12H18FNO2S/c1-9(2)14(4)10(3)11-6-5-7-12(8-11)17(13,15)16/h5-10H,1-4H3. The molecule has 0 N–H and O–H groups in total. The van der Waals surface area contributed by atoms with Gasteiger partial charge in [-0.15, -0.1) is 3.89 Å². The van der Waals surface area contributed by atoms with Gasteiger partial charge < -0.3 is 0 Å². The lowest BCUT2D eigenvalue weighted by Gasteiger charge is -2.28. The first-order chi connectivity index (χ1) is 7.73. The average molecular weight is 259 g/mol. The fourth-order valence-corrected chi connectivity index (χ4v) is 2.13. The maximum absolute atomic E-state index is 12.9. The quantitative estimate of drug-likeness (QED) is 0.780. The maximum atomic E-state index is 12.9. The summed E-state index contributed by atoms with van der Waals surface area (Å²) in [6.45, 7) is 6.06. The summed E-state index contributed by atoms with van der Waals surface area (Å²) in [7, 11) is -2.67. The van der Waals surface area contributed by atoms with Crippen LogP contribution in [0.2, 0.25) is 0 Å². The van der Waals surface area contributed by atoms with Crippen molar-refractivity contribution in [2.75, 3.05) is 7.05 Å². The molecule has 0 aromatic heterocycles. The van der Waals surface area contributed by atoms with E-state index in [1.54, 1.807) is 12.1 Å². The number of nitrogens with zero attached hydrogens (tertiary/aromatic N) is 1. The van der Waals surface area contributed by atoms with Crippen LogP contribution in [0.25, 0.3) is 0 Å². The van der Waals surface area contributed by atoms with Crippen molar-refractivity contribution in [3.8, 4) is 0 Å². The first-order valence-corrected chi connectivity index (χ1v) is 6.88. The van der Waals surface area contributed by atoms with Crippen molar-refractivity contribution in [3.05, 3.63) is 29.8 Å². The third kappa shape index (κ3) is 3.51. The number of hydrogen-bond donors (Lipinski definition) is 0. The molecule has 0 bridgehead atoms. The Morgan fingerprint density at radius 1 is 1.24 bits per heavy atom. The summed E-state index contributed by atoms with van der Waals surface area (Å²) in [4.78, 5) is 1.81. The Morgan fingerprint density at radius 3 is 2.29 bits per heavy atom. The van der Waals surface area contributed by atoms with Gasteiger partial charge in [-0.25, -0.2) is 0 Å². The fourth-order valence-electron chi connectivity index (χ4n) is 1.61. The van der Waals surface area contributed by atoms with Crippen LogP contribution in [-0.2, 0) is 10.2 Å². The summed E-state index contributed by atoms with van der Waals surface area (Å²) in [6, 6.07) is 6.39. The van der Waals surface area contributed by atoms with Crippen molar-refractivity contribution in [1.82, 2.24) is 4.90 Å². The maximum Gasteiger partial charge on any atom is 0.332 e. The largest absolute Gasteiger partial charge is 0.332 e. The molecule has 1 atom stereocenters. The Hall–Kier alpha value is -0.940. The Labute approximate surface area is 102 Å². The molecule has 1 aromatic carbocycles. The first-order valence-electron chi connectivity index (χ1n) is 5.50. The highest BCUT2D eigenvalue weighted by molar-refractivity contribution is 7.86. The van der Waals surface area contributed by atoms with Crippen molar-refractivity contribution >= 4 is 10.2 Å². The Bertz CT molecular complexity index is 485. The Morgan fingerprint density at radius 2 is 1.82 bits per heavy atom. The molecule has 3 nitrogen and oxygen atoms in total. The van der Waals surface area contributed by atoms with E-state index in [1.807, 2.05) is 27.8 Å². The summed E-state index contributed by atoms with van der Waals surface area (Å²) in [5.41, 5.74) is 0.792. The lowest BCUT2D eigenvalue weighted by Crippen LogP contribution is -2.29. The first kappa shape index (κ1) is 14.1. The molecular formula is C12H18FNO2S. The van der Waals surface area contributed by atoms with E-state index in [9.17, 15) is 12.3 Å². The van der Waals surface area contributed by atoms with Gasteiger partial charge in [-0.1, -0.05) is 12.1 Å².